The quantitative estimate of drug-likeness (QED) is 0.917. The molecule has 1 aliphatic rings. The standard InChI is InChI=1S/C19H21FN2O/c1-19(18(23)21-17-10-6-5-9-16(17)20)12-14-22(19)13-11-15-7-3-2-4-8-15/h2-10H,11-14H2,1H3,(H,21,23). The molecule has 23 heavy (non-hydrogen) atoms. The first-order valence-corrected chi connectivity index (χ1v) is 7.94. The van der Waals surface area contributed by atoms with Crippen molar-refractivity contribution in [3.05, 3.63) is 66.0 Å². The number of benzene rings is 2. The summed E-state index contributed by atoms with van der Waals surface area (Å²) >= 11 is 0. The minimum atomic E-state index is -0.558. The van der Waals surface area contributed by atoms with E-state index in [4.69, 9.17) is 0 Å². The third kappa shape index (κ3) is 3.27. The van der Waals surface area contributed by atoms with Crippen molar-refractivity contribution in [3.63, 3.8) is 0 Å². The van der Waals surface area contributed by atoms with E-state index in [2.05, 4.69) is 22.3 Å². The number of para-hydroxylation sites is 1. The molecule has 4 heteroatoms. The topological polar surface area (TPSA) is 32.3 Å². The lowest BCUT2D eigenvalue weighted by Gasteiger charge is -2.49. The summed E-state index contributed by atoms with van der Waals surface area (Å²) in [6.45, 7) is 3.65. The van der Waals surface area contributed by atoms with Crippen LogP contribution in [0.15, 0.2) is 54.6 Å². The first kappa shape index (κ1) is 15.7. The second-order valence-corrected chi connectivity index (χ2v) is 6.18. The molecule has 1 fully saturated rings. The highest BCUT2D eigenvalue weighted by atomic mass is 19.1. The van der Waals surface area contributed by atoms with Crippen LogP contribution in [-0.2, 0) is 11.2 Å². The largest absolute Gasteiger partial charge is 0.322 e. The van der Waals surface area contributed by atoms with Gasteiger partial charge in [-0.25, -0.2) is 4.39 Å². The molecule has 1 aliphatic heterocycles. The Balaban J connectivity index is 1.62. The Kier molecular flexibility index (Phi) is 4.44. The van der Waals surface area contributed by atoms with E-state index in [1.165, 1.54) is 11.6 Å². The number of nitrogens with one attached hydrogen (secondary N) is 1. The van der Waals surface area contributed by atoms with Crippen molar-refractivity contribution in [3.8, 4) is 0 Å². The molecule has 3 rings (SSSR count). The fourth-order valence-electron chi connectivity index (χ4n) is 2.95. The van der Waals surface area contributed by atoms with E-state index in [-0.39, 0.29) is 11.6 Å². The Hall–Kier alpha value is -2.20. The third-order valence-corrected chi connectivity index (χ3v) is 4.69. The van der Waals surface area contributed by atoms with Gasteiger partial charge in [0.2, 0.25) is 5.91 Å². The normalized spacial score (nSPS) is 20.8. The lowest BCUT2D eigenvalue weighted by Crippen LogP contribution is -2.64. The molecule has 0 aromatic heterocycles. The lowest BCUT2D eigenvalue weighted by atomic mass is 9.85. The van der Waals surface area contributed by atoms with Gasteiger partial charge in [0.05, 0.1) is 11.2 Å². The van der Waals surface area contributed by atoms with Crippen LogP contribution in [0.25, 0.3) is 0 Å². The molecule has 0 aliphatic carbocycles. The van der Waals surface area contributed by atoms with Crippen molar-refractivity contribution in [1.29, 1.82) is 0 Å². The van der Waals surface area contributed by atoms with Crippen molar-refractivity contribution < 1.29 is 9.18 Å². The van der Waals surface area contributed by atoms with Gasteiger partial charge in [-0.1, -0.05) is 42.5 Å². The van der Waals surface area contributed by atoms with Crippen LogP contribution in [0, 0.1) is 5.82 Å². The van der Waals surface area contributed by atoms with Crippen molar-refractivity contribution in [2.75, 3.05) is 18.4 Å². The van der Waals surface area contributed by atoms with Gasteiger partial charge in [-0.2, -0.15) is 0 Å². The average Bonchev–Trinajstić information content (AvgIpc) is 2.56. The Bertz CT molecular complexity index is 689. The first-order valence-electron chi connectivity index (χ1n) is 7.94. The molecule has 120 valence electrons. The van der Waals surface area contributed by atoms with Crippen LogP contribution in [-0.4, -0.2) is 29.4 Å². The maximum atomic E-state index is 13.7. The zero-order valence-corrected chi connectivity index (χ0v) is 13.3. The Morgan fingerprint density at radius 2 is 1.87 bits per heavy atom. The molecular weight excluding hydrogens is 291 g/mol. The highest BCUT2D eigenvalue weighted by Crippen LogP contribution is 2.32. The second kappa shape index (κ2) is 6.50. The summed E-state index contributed by atoms with van der Waals surface area (Å²) in [6, 6.07) is 16.5. The van der Waals surface area contributed by atoms with Crippen LogP contribution in [0.3, 0.4) is 0 Å². The van der Waals surface area contributed by atoms with E-state index in [0.29, 0.717) is 0 Å². The zero-order chi connectivity index (χ0) is 16.3. The summed E-state index contributed by atoms with van der Waals surface area (Å²) < 4.78 is 13.7. The number of rotatable bonds is 5. The molecule has 2 aromatic rings. The predicted octanol–water partition coefficient (Wildman–Crippen LogP) is 3.47. The molecule has 1 N–H and O–H groups in total. The molecule has 3 nitrogen and oxygen atoms in total. The Morgan fingerprint density at radius 1 is 1.17 bits per heavy atom. The summed E-state index contributed by atoms with van der Waals surface area (Å²) in [5.74, 6) is -0.540. The van der Waals surface area contributed by atoms with Crippen LogP contribution in [0.1, 0.15) is 18.9 Å². The Labute approximate surface area is 136 Å². The number of nitrogens with zero attached hydrogens (tertiary/aromatic N) is 1. The molecule has 1 atom stereocenters. The average molecular weight is 312 g/mol. The molecule has 0 radical (unpaired) electrons. The van der Waals surface area contributed by atoms with Crippen molar-refractivity contribution >= 4 is 11.6 Å². The molecule has 1 amide bonds. The Morgan fingerprint density at radius 3 is 2.52 bits per heavy atom. The fraction of sp³-hybridized carbons (Fsp3) is 0.316. The predicted molar refractivity (Wildman–Crippen MR) is 89.8 cm³/mol. The van der Waals surface area contributed by atoms with Crippen molar-refractivity contribution in [2.45, 2.75) is 25.3 Å². The van der Waals surface area contributed by atoms with Gasteiger partial charge in [0.1, 0.15) is 5.82 Å². The summed E-state index contributed by atoms with van der Waals surface area (Å²) in [7, 11) is 0. The number of carbonyl (C=O) groups is 1. The van der Waals surface area contributed by atoms with Gasteiger partial charge in [-0.15, -0.1) is 0 Å². The van der Waals surface area contributed by atoms with Crippen LogP contribution in [0.5, 0.6) is 0 Å². The van der Waals surface area contributed by atoms with Gasteiger partial charge in [0.15, 0.2) is 0 Å². The highest BCUT2D eigenvalue weighted by Gasteiger charge is 2.46. The number of carbonyl (C=O) groups excluding carboxylic acids is 1. The van der Waals surface area contributed by atoms with Gasteiger partial charge in [-0.3, -0.25) is 9.69 Å². The van der Waals surface area contributed by atoms with Crippen molar-refractivity contribution in [1.82, 2.24) is 4.90 Å². The molecule has 0 saturated carbocycles. The van der Waals surface area contributed by atoms with Gasteiger partial charge in [0.25, 0.3) is 0 Å². The number of anilines is 1. The van der Waals surface area contributed by atoms with Crippen LogP contribution >= 0.6 is 0 Å². The van der Waals surface area contributed by atoms with E-state index in [1.807, 2.05) is 25.1 Å². The van der Waals surface area contributed by atoms with Gasteiger partial charge >= 0.3 is 0 Å². The van der Waals surface area contributed by atoms with Gasteiger partial charge < -0.3 is 5.32 Å². The minimum absolute atomic E-state index is 0.137. The summed E-state index contributed by atoms with van der Waals surface area (Å²) in [6.07, 6.45) is 1.70. The maximum Gasteiger partial charge on any atom is 0.244 e. The first-order chi connectivity index (χ1) is 11.1. The van der Waals surface area contributed by atoms with Crippen molar-refractivity contribution in [2.24, 2.45) is 0 Å². The highest BCUT2D eigenvalue weighted by molar-refractivity contribution is 5.98. The third-order valence-electron chi connectivity index (χ3n) is 4.69. The molecule has 1 saturated heterocycles. The number of likely N-dealkylation sites (tertiary alicyclic amines) is 1. The number of hydrogen-bond acceptors (Lipinski definition) is 2. The van der Waals surface area contributed by atoms with Gasteiger partial charge in [-0.05, 0) is 37.5 Å². The fourth-order valence-corrected chi connectivity index (χ4v) is 2.95. The van der Waals surface area contributed by atoms with E-state index in [1.54, 1.807) is 18.2 Å². The smallest absolute Gasteiger partial charge is 0.244 e. The van der Waals surface area contributed by atoms with E-state index >= 15 is 0 Å². The van der Waals surface area contributed by atoms with E-state index in [0.717, 1.165) is 25.9 Å². The van der Waals surface area contributed by atoms with Crippen LogP contribution < -0.4 is 5.32 Å². The molecule has 1 heterocycles. The molecule has 1 unspecified atom stereocenters. The number of halogens is 1. The van der Waals surface area contributed by atoms with Crippen LogP contribution in [0.4, 0.5) is 10.1 Å². The number of hydrogen-bond donors (Lipinski definition) is 1. The monoisotopic (exact) mass is 312 g/mol. The maximum absolute atomic E-state index is 13.7. The molecule has 0 spiro atoms. The second-order valence-electron chi connectivity index (χ2n) is 6.18. The molecular formula is C19H21FN2O. The van der Waals surface area contributed by atoms with E-state index in [9.17, 15) is 9.18 Å². The minimum Gasteiger partial charge on any atom is -0.322 e. The summed E-state index contributed by atoms with van der Waals surface area (Å²) in [5, 5.41) is 2.73. The molecule has 0 bridgehead atoms. The lowest BCUT2D eigenvalue weighted by molar-refractivity contribution is -0.135. The van der Waals surface area contributed by atoms with Gasteiger partial charge in [0, 0.05) is 13.1 Å². The van der Waals surface area contributed by atoms with Crippen LogP contribution in [0.2, 0.25) is 0 Å². The molecule has 2 aromatic carbocycles. The number of amides is 1. The van der Waals surface area contributed by atoms with E-state index < -0.39 is 11.4 Å². The zero-order valence-electron chi connectivity index (χ0n) is 13.3. The SMILES string of the molecule is CC1(C(=O)Nc2ccccc2F)CCN1CCc1ccccc1. The summed E-state index contributed by atoms with van der Waals surface area (Å²) in [5.41, 5.74) is 0.946. The summed E-state index contributed by atoms with van der Waals surface area (Å²) in [4.78, 5) is 14.7.